The normalized spacial score (nSPS) is 29.7. The van der Waals surface area contributed by atoms with Crippen molar-refractivity contribution in [1.29, 1.82) is 0 Å². The Morgan fingerprint density at radius 1 is 1.53 bits per heavy atom. The van der Waals surface area contributed by atoms with E-state index in [0.717, 1.165) is 18.4 Å². The third-order valence-electron chi connectivity index (χ3n) is 3.67. The highest BCUT2D eigenvalue weighted by molar-refractivity contribution is 8.04. The van der Waals surface area contributed by atoms with E-state index >= 15 is 0 Å². The first kappa shape index (κ1) is 12.8. The summed E-state index contributed by atoms with van der Waals surface area (Å²) in [5.41, 5.74) is 3.95. The number of allylic oxidation sites excluding steroid dienone is 6. The van der Waals surface area contributed by atoms with Crippen molar-refractivity contribution in [3.8, 4) is 0 Å². The van der Waals surface area contributed by atoms with Gasteiger partial charge in [0.1, 0.15) is 11.5 Å². The summed E-state index contributed by atoms with van der Waals surface area (Å²) in [4.78, 5) is 1.48. The van der Waals surface area contributed by atoms with E-state index in [9.17, 15) is 0 Å². The molecule has 3 aliphatic rings. The second kappa shape index (κ2) is 5.40. The fourth-order valence-electron chi connectivity index (χ4n) is 2.64. The quantitative estimate of drug-likeness (QED) is 0.674. The van der Waals surface area contributed by atoms with Gasteiger partial charge in [0.25, 0.3) is 0 Å². The Morgan fingerprint density at radius 3 is 3.21 bits per heavy atom. The first-order valence-electron chi connectivity index (χ1n) is 6.72. The molecule has 1 nitrogen and oxygen atoms in total. The number of rotatable bonds is 2. The molecular weight excluding hydrogens is 252 g/mol. The molecule has 0 aromatic rings. The van der Waals surface area contributed by atoms with Crippen molar-refractivity contribution in [3.05, 3.63) is 70.7 Å². The van der Waals surface area contributed by atoms with Gasteiger partial charge in [-0.1, -0.05) is 60.9 Å². The summed E-state index contributed by atoms with van der Waals surface area (Å²) in [7, 11) is 0. The van der Waals surface area contributed by atoms with Crippen molar-refractivity contribution in [2.75, 3.05) is 0 Å². The highest BCUT2D eigenvalue weighted by Crippen LogP contribution is 2.48. The van der Waals surface area contributed by atoms with Crippen LogP contribution in [-0.4, -0.2) is 11.5 Å². The van der Waals surface area contributed by atoms with Crippen molar-refractivity contribution in [3.63, 3.8) is 0 Å². The summed E-state index contributed by atoms with van der Waals surface area (Å²) in [6.07, 6.45) is 17.2. The van der Waals surface area contributed by atoms with Gasteiger partial charge in [-0.2, -0.15) is 0 Å². The molecule has 0 fully saturated rings. The van der Waals surface area contributed by atoms with Crippen LogP contribution in [0.5, 0.6) is 0 Å². The molecule has 2 unspecified atom stereocenters. The van der Waals surface area contributed by atoms with Crippen molar-refractivity contribution in [1.82, 2.24) is 0 Å². The maximum absolute atomic E-state index is 6.26. The topological polar surface area (TPSA) is 9.23 Å². The van der Waals surface area contributed by atoms with Crippen molar-refractivity contribution >= 4 is 11.8 Å². The van der Waals surface area contributed by atoms with Crippen LogP contribution in [0.1, 0.15) is 19.8 Å². The van der Waals surface area contributed by atoms with Gasteiger partial charge in [-0.15, -0.1) is 0 Å². The van der Waals surface area contributed by atoms with E-state index in [1.54, 1.807) is 0 Å². The monoisotopic (exact) mass is 270 g/mol. The predicted molar refractivity (Wildman–Crippen MR) is 82.8 cm³/mol. The van der Waals surface area contributed by atoms with E-state index in [-0.39, 0.29) is 11.5 Å². The van der Waals surface area contributed by atoms with Gasteiger partial charge >= 0.3 is 0 Å². The lowest BCUT2D eigenvalue weighted by atomic mass is 10.00. The molecule has 19 heavy (non-hydrogen) atoms. The summed E-state index contributed by atoms with van der Waals surface area (Å²) in [5.74, 6) is 0. The minimum Gasteiger partial charge on any atom is -0.350 e. The van der Waals surface area contributed by atoms with E-state index in [1.807, 2.05) is 24.8 Å². The zero-order valence-corrected chi connectivity index (χ0v) is 12.0. The van der Waals surface area contributed by atoms with E-state index in [1.165, 1.54) is 16.1 Å². The lowest BCUT2D eigenvalue weighted by Crippen LogP contribution is -2.18. The second-order valence-corrected chi connectivity index (χ2v) is 5.94. The third-order valence-corrected chi connectivity index (χ3v) is 4.95. The van der Waals surface area contributed by atoms with Crippen LogP contribution in [0.3, 0.4) is 0 Å². The molecular formula is C17H18OS. The molecule has 1 aliphatic carbocycles. The Bertz CT molecular complexity index is 546. The van der Waals surface area contributed by atoms with Gasteiger partial charge < -0.3 is 4.74 Å². The lowest BCUT2D eigenvalue weighted by molar-refractivity contribution is 0.113. The molecule has 0 saturated heterocycles. The van der Waals surface area contributed by atoms with E-state index in [0.29, 0.717) is 0 Å². The summed E-state index contributed by atoms with van der Waals surface area (Å²) in [6.45, 7) is 5.90. The van der Waals surface area contributed by atoms with Crippen LogP contribution in [0, 0.1) is 0 Å². The van der Waals surface area contributed by atoms with Crippen molar-refractivity contribution < 1.29 is 4.74 Å². The number of fused-ring (bicyclic) bond motifs is 2. The first-order valence-corrected chi connectivity index (χ1v) is 7.60. The van der Waals surface area contributed by atoms with Gasteiger partial charge in [0, 0.05) is 0 Å². The predicted octanol–water partition coefficient (Wildman–Crippen LogP) is 4.68. The summed E-state index contributed by atoms with van der Waals surface area (Å²) in [6, 6.07) is 0. The Morgan fingerprint density at radius 2 is 2.42 bits per heavy atom. The van der Waals surface area contributed by atoms with Crippen LogP contribution >= 0.6 is 11.8 Å². The molecule has 0 N–H and O–H groups in total. The number of hydrogen-bond acceptors (Lipinski definition) is 2. The first-order chi connectivity index (χ1) is 9.33. The Balaban J connectivity index is 1.87. The molecule has 2 heterocycles. The molecule has 0 amide bonds. The summed E-state index contributed by atoms with van der Waals surface area (Å²) >= 11 is 1.87. The largest absolute Gasteiger partial charge is 0.350 e. The number of hydrogen-bond donors (Lipinski definition) is 0. The zero-order chi connectivity index (χ0) is 13.2. The van der Waals surface area contributed by atoms with Crippen LogP contribution in [-0.2, 0) is 4.74 Å². The Hall–Kier alpha value is -1.25. The SMILES string of the molecule is C=C/C(=C\C)C1C=CC=C2C3=C(CCC=C3)SC2O1. The lowest BCUT2D eigenvalue weighted by Gasteiger charge is -2.20. The fraction of sp³-hybridized carbons (Fsp3) is 0.294. The molecule has 0 spiro atoms. The zero-order valence-electron chi connectivity index (χ0n) is 11.1. The average Bonchev–Trinajstić information content (AvgIpc) is 2.65. The number of thioether (sulfide) groups is 1. The summed E-state index contributed by atoms with van der Waals surface area (Å²) < 4.78 is 6.26. The molecule has 2 aliphatic heterocycles. The minimum absolute atomic E-state index is 0.0130. The maximum Gasteiger partial charge on any atom is 0.134 e. The molecule has 0 bridgehead atoms. The molecule has 3 rings (SSSR count). The average molecular weight is 270 g/mol. The van der Waals surface area contributed by atoms with E-state index in [2.05, 4.69) is 43.0 Å². The van der Waals surface area contributed by atoms with Crippen molar-refractivity contribution in [2.45, 2.75) is 31.3 Å². The minimum atomic E-state index is 0.0130. The van der Waals surface area contributed by atoms with Gasteiger partial charge in [0.15, 0.2) is 0 Å². The van der Waals surface area contributed by atoms with Crippen LogP contribution in [0.25, 0.3) is 0 Å². The van der Waals surface area contributed by atoms with Gasteiger partial charge in [-0.25, -0.2) is 0 Å². The van der Waals surface area contributed by atoms with Crippen molar-refractivity contribution in [2.24, 2.45) is 0 Å². The molecule has 0 aromatic carbocycles. The summed E-state index contributed by atoms with van der Waals surface area (Å²) in [5, 5.41) is 0. The molecule has 2 atom stereocenters. The van der Waals surface area contributed by atoms with Gasteiger partial charge in [0.2, 0.25) is 0 Å². The highest BCUT2D eigenvalue weighted by Gasteiger charge is 2.33. The van der Waals surface area contributed by atoms with Gasteiger partial charge in [-0.3, -0.25) is 0 Å². The standard InChI is InChI=1S/C17H18OS/c1-3-12(4-2)15-10-7-9-14-13-8-5-6-11-16(13)19-17(14)18-15/h3-5,7-10,15,17H,1,6,11H2,2H3/b12-4+. The van der Waals surface area contributed by atoms with Crippen LogP contribution in [0.2, 0.25) is 0 Å². The molecule has 0 saturated carbocycles. The van der Waals surface area contributed by atoms with E-state index < -0.39 is 0 Å². The van der Waals surface area contributed by atoms with Crippen LogP contribution < -0.4 is 0 Å². The molecule has 0 aromatic heterocycles. The van der Waals surface area contributed by atoms with Crippen LogP contribution in [0.4, 0.5) is 0 Å². The Labute approximate surface area is 119 Å². The van der Waals surface area contributed by atoms with Gasteiger partial charge in [0.05, 0.1) is 0 Å². The number of ether oxygens (including phenoxy) is 1. The maximum atomic E-state index is 6.26. The highest BCUT2D eigenvalue weighted by atomic mass is 32.2. The fourth-order valence-corrected chi connectivity index (χ4v) is 3.95. The molecule has 2 heteroatoms. The van der Waals surface area contributed by atoms with E-state index in [4.69, 9.17) is 4.74 Å². The smallest absolute Gasteiger partial charge is 0.134 e. The van der Waals surface area contributed by atoms with Gasteiger partial charge in [-0.05, 0) is 41.4 Å². The third kappa shape index (κ3) is 2.31. The second-order valence-electron chi connectivity index (χ2n) is 4.78. The Kier molecular flexibility index (Phi) is 3.63. The van der Waals surface area contributed by atoms with Crippen LogP contribution in [0.15, 0.2) is 70.7 Å². The molecule has 0 radical (unpaired) electrons. The molecule has 98 valence electrons.